The Labute approximate surface area is 120 Å². The molecule has 0 radical (unpaired) electrons. The van der Waals surface area contributed by atoms with Gasteiger partial charge < -0.3 is 10.5 Å². The van der Waals surface area contributed by atoms with Crippen molar-refractivity contribution in [3.05, 3.63) is 46.0 Å². The fourth-order valence-corrected chi connectivity index (χ4v) is 1.95. The highest BCUT2D eigenvalue weighted by Crippen LogP contribution is 2.25. The third-order valence-electron chi connectivity index (χ3n) is 2.98. The van der Waals surface area contributed by atoms with Gasteiger partial charge in [-0.05, 0) is 19.1 Å². The molecule has 0 bridgehead atoms. The van der Waals surface area contributed by atoms with E-state index in [4.69, 9.17) is 5.73 Å². The molecule has 0 aliphatic heterocycles. The molecule has 110 valence electrons. The Morgan fingerprint density at radius 1 is 1.48 bits per heavy atom. The number of ether oxygens (including phenoxy) is 1. The van der Waals surface area contributed by atoms with E-state index in [1.807, 2.05) is 0 Å². The number of esters is 1. The number of hydrogen-bond acceptors (Lipinski definition) is 5. The molecule has 1 heterocycles. The number of halogens is 1. The first-order chi connectivity index (χ1) is 9.99. The summed E-state index contributed by atoms with van der Waals surface area (Å²) in [6.45, 7) is 1.98. The topological polar surface area (TPSA) is 87.2 Å². The van der Waals surface area contributed by atoms with E-state index in [-0.39, 0.29) is 23.5 Å². The monoisotopic (exact) mass is 291 g/mol. The normalized spacial score (nSPS) is 10.4. The molecule has 0 saturated heterocycles. The fourth-order valence-electron chi connectivity index (χ4n) is 1.95. The minimum Gasteiger partial charge on any atom is -0.465 e. The van der Waals surface area contributed by atoms with E-state index in [1.54, 1.807) is 13.0 Å². The van der Waals surface area contributed by atoms with E-state index in [2.05, 4.69) is 9.84 Å². The zero-order chi connectivity index (χ0) is 15.6. The Hall–Kier alpha value is -2.70. The van der Waals surface area contributed by atoms with Crippen LogP contribution in [0.3, 0.4) is 0 Å². The van der Waals surface area contributed by atoms with Gasteiger partial charge in [0.25, 0.3) is 5.56 Å². The van der Waals surface area contributed by atoms with Crippen LogP contribution in [0.25, 0.3) is 11.3 Å². The van der Waals surface area contributed by atoms with E-state index < -0.39 is 17.3 Å². The number of nitrogen functional groups attached to an aromatic ring is 1. The average Bonchev–Trinajstić information content (AvgIpc) is 2.49. The van der Waals surface area contributed by atoms with E-state index in [0.717, 1.165) is 4.68 Å². The maximum atomic E-state index is 13.4. The Morgan fingerprint density at radius 2 is 2.19 bits per heavy atom. The number of rotatable bonds is 3. The van der Waals surface area contributed by atoms with Crippen molar-refractivity contribution in [1.82, 2.24) is 9.78 Å². The summed E-state index contributed by atoms with van der Waals surface area (Å²) in [5, 5.41) is 4.09. The van der Waals surface area contributed by atoms with Crippen LogP contribution in [-0.2, 0) is 11.3 Å². The molecule has 2 N–H and O–H groups in total. The van der Waals surface area contributed by atoms with Crippen LogP contribution in [0.4, 0.5) is 10.1 Å². The lowest BCUT2D eigenvalue weighted by Crippen LogP contribution is -2.29. The lowest BCUT2D eigenvalue weighted by atomic mass is 10.1. The number of hydrogen-bond donors (Lipinski definition) is 1. The van der Waals surface area contributed by atoms with Crippen LogP contribution in [-0.4, -0.2) is 22.9 Å². The molecule has 0 aliphatic rings. The van der Waals surface area contributed by atoms with Crippen molar-refractivity contribution < 1.29 is 13.9 Å². The Balaban J connectivity index is 2.82. The molecule has 0 atom stereocenters. The zero-order valence-corrected chi connectivity index (χ0v) is 11.6. The van der Waals surface area contributed by atoms with E-state index in [0.29, 0.717) is 5.56 Å². The molecule has 0 fully saturated rings. The molecule has 7 heteroatoms. The standard InChI is InChI=1S/C14H14FN3O3/c1-3-18-13(19)11(16)10(14(20)21-2)12(17-18)8-5-4-6-9(15)7-8/h4-7H,3,16H2,1-2H3. The van der Waals surface area contributed by atoms with Gasteiger partial charge in [0.15, 0.2) is 0 Å². The van der Waals surface area contributed by atoms with Gasteiger partial charge in [-0.3, -0.25) is 4.79 Å². The summed E-state index contributed by atoms with van der Waals surface area (Å²) >= 11 is 0. The summed E-state index contributed by atoms with van der Waals surface area (Å²) in [6.07, 6.45) is 0. The van der Waals surface area contributed by atoms with Gasteiger partial charge in [-0.2, -0.15) is 5.10 Å². The summed E-state index contributed by atoms with van der Waals surface area (Å²) < 4.78 is 19.1. The summed E-state index contributed by atoms with van der Waals surface area (Å²) in [5.41, 5.74) is 5.19. The highest BCUT2D eigenvalue weighted by Gasteiger charge is 2.23. The SMILES string of the molecule is CCn1nc(-c2cccc(F)c2)c(C(=O)OC)c(N)c1=O. The molecule has 0 saturated carbocycles. The van der Waals surface area contributed by atoms with Crippen LogP contribution in [0.5, 0.6) is 0 Å². The summed E-state index contributed by atoms with van der Waals surface area (Å²) in [7, 11) is 1.17. The molecule has 2 aromatic rings. The van der Waals surface area contributed by atoms with Crippen molar-refractivity contribution in [2.24, 2.45) is 0 Å². The summed E-state index contributed by atoms with van der Waals surface area (Å²) in [4.78, 5) is 23.9. The van der Waals surface area contributed by atoms with Gasteiger partial charge in [-0.25, -0.2) is 13.9 Å². The molecule has 0 amide bonds. The van der Waals surface area contributed by atoms with E-state index in [9.17, 15) is 14.0 Å². The van der Waals surface area contributed by atoms with Crippen LogP contribution in [0.2, 0.25) is 0 Å². The third kappa shape index (κ3) is 2.62. The number of anilines is 1. The predicted molar refractivity (Wildman–Crippen MR) is 75.3 cm³/mol. The number of carbonyl (C=O) groups is 1. The van der Waals surface area contributed by atoms with E-state index in [1.165, 1.54) is 25.3 Å². The maximum Gasteiger partial charge on any atom is 0.342 e. The average molecular weight is 291 g/mol. The van der Waals surface area contributed by atoms with Crippen molar-refractivity contribution in [2.75, 3.05) is 12.8 Å². The number of aromatic nitrogens is 2. The number of nitrogens with zero attached hydrogens (tertiary/aromatic N) is 2. The number of aryl methyl sites for hydroxylation is 1. The largest absolute Gasteiger partial charge is 0.465 e. The number of benzene rings is 1. The first-order valence-electron chi connectivity index (χ1n) is 6.24. The van der Waals surface area contributed by atoms with Crippen molar-refractivity contribution in [2.45, 2.75) is 13.5 Å². The predicted octanol–water partition coefficient (Wildman–Crippen LogP) is 1.44. The van der Waals surface area contributed by atoms with Gasteiger partial charge in [0, 0.05) is 12.1 Å². The molecular formula is C14H14FN3O3. The minimum atomic E-state index is -0.792. The van der Waals surface area contributed by atoms with Crippen LogP contribution >= 0.6 is 0 Å². The van der Waals surface area contributed by atoms with Gasteiger partial charge in [-0.1, -0.05) is 12.1 Å². The minimum absolute atomic E-state index is 0.111. The molecule has 21 heavy (non-hydrogen) atoms. The first kappa shape index (κ1) is 14.7. The van der Waals surface area contributed by atoms with Crippen LogP contribution < -0.4 is 11.3 Å². The second-order valence-electron chi connectivity index (χ2n) is 4.26. The van der Waals surface area contributed by atoms with Gasteiger partial charge in [0.2, 0.25) is 0 Å². The smallest absolute Gasteiger partial charge is 0.342 e. The molecule has 0 spiro atoms. The third-order valence-corrected chi connectivity index (χ3v) is 2.98. The van der Waals surface area contributed by atoms with Crippen molar-refractivity contribution >= 4 is 11.7 Å². The molecule has 0 aliphatic carbocycles. The Kier molecular flexibility index (Phi) is 4.02. The highest BCUT2D eigenvalue weighted by molar-refractivity contribution is 6.00. The number of nitrogens with two attached hydrogens (primary N) is 1. The molecule has 0 unspecified atom stereocenters. The van der Waals surface area contributed by atoms with Crippen molar-refractivity contribution in [3.63, 3.8) is 0 Å². The molecular weight excluding hydrogens is 277 g/mol. The first-order valence-corrected chi connectivity index (χ1v) is 6.24. The number of carbonyl (C=O) groups excluding carboxylic acids is 1. The zero-order valence-electron chi connectivity index (χ0n) is 11.6. The van der Waals surface area contributed by atoms with Gasteiger partial charge in [0.1, 0.15) is 22.8 Å². The highest BCUT2D eigenvalue weighted by atomic mass is 19.1. The lowest BCUT2D eigenvalue weighted by Gasteiger charge is -2.12. The van der Waals surface area contributed by atoms with Crippen molar-refractivity contribution in [3.8, 4) is 11.3 Å². The molecule has 6 nitrogen and oxygen atoms in total. The van der Waals surface area contributed by atoms with Gasteiger partial charge in [0.05, 0.1) is 7.11 Å². The molecule has 2 rings (SSSR count). The Morgan fingerprint density at radius 3 is 2.76 bits per heavy atom. The van der Waals surface area contributed by atoms with E-state index >= 15 is 0 Å². The van der Waals surface area contributed by atoms with Crippen LogP contribution in [0, 0.1) is 5.82 Å². The summed E-state index contributed by atoms with van der Waals surface area (Å²) in [6, 6.07) is 5.52. The fraction of sp³-hybridized carbons (Fsp3) is 0.214. The lowest BCUT2D eigenvalue weighted by molar-refractivity contribution is 0.0602. The maximum absolute atomic E-state index is 13.4. The second kappa shape index (κ2) is 5.74. The van der Waals surface area contributed by atoms with Crippen LogP contribution in [0.1, 0.15) is 17.3 Å². The summed E-state index contributed by atoms with van der Waals surface area (Å²) in [5.74, 6) is -1.28. The quantitative estimate of drug-likeness (QED) is 0.865. The Bertz CT molecular complexity index is 756. The molecule has 1 aromatic heterocycles. The van der Waals surface area contributed by atoms with Gasteiger partial charge >= 0.3 is 5.97 Å². The van der Waals surface area contributed by atoms with Crippen molar-refractivity contribution in [1.29, 1.82) is 0 Å². The second-order valence-corrected chi connectivity index (χ2v) is 4.26. The van der Waals surface area contributed by atoms with Crippen LogP contribution in [0.15, 0.2) is 29.1 Å². The van der Waals surface area contributed by atoms with Gasteiger partial charge in [-0.15, -0.1) is 0 Å². The number of methoxy groups -OCH3 is 1. The molecule has 1 aromatic carbocycles.